The van der Waals surface area contributed by atoms with Crippen LogP contribution in [0.5, 0.6) is 0 Å². The van der Waals surface area contributed by atoms with E-state index in [4.69, 9.17) is 4.74 Å². The lowest BCUT2D eigenvalue weighted by Crippen LogP contribution is -2.27. The van der Waals surface area contributed by atoms with E-state index in [2.05, 4.69) is 5.32 Å². The van der Waals surface area contributed by atoms with Gasteiger partial charge in [0.2, 0.25) is 10.0 Å². The van der Waals surface area contributed by atoms with Crippen LogP contribution in [0.15, 0.2) is 36.4 Å². The Morgan fingerprint density at radius 3 is 2.57 bits per heavy atom. The number of anilines is 2. The van der Waals surface area contributed by atoms with Crippen molar-refractivity contribution in [3.63, 3.8) is 0 Å². The van der Waals surface area contributed by atoms with Crippen LogP contribution in [0.3, 0.4) is 0 Å². The third-order valence-electron chi connectivity index (χ3n) is 4.56. The Labute approximate surface area is 164 Å². The van der Waals surface area contributed by atoms with Gasteiger partial charge in [-0.15, -0.1) is 0 Å². The minimum Gasteiger partial charge on any atom is -0.452 e. The van der Waals surface area contributed by atoms with Crippen LogP contribution in [0.25, 0.3) is 0 Å². The molecule has 0 bridgehead atoms. The second-order valence-corrected chi connectivity index (χ2v) is 8.78. The number of esters is 1. The molecule has 1 aliphatic rings. The van der Waals surface area contributed by atoms with E-state index < -0.39 is 28.5 Å². The van der Waals surface area contributed by atoms with Gasteiger partial charge in [-0.2, -0.15) is 0 Å². The molecule has 2 aromatic rings. The van der Waals surface area contributed by atoms with Crippen molar-refractivity contribution in [3.05, 3.63) is 58.7 Å². The number of nitrogens with one attached hydrogen (secondary N) is 1. The highest BCUT2D eigenvalue weighted by atomic mass is 32.2. The Morgan fingerprint density at radius 1 is 1.14 bits per heavy atom. The summed E-state index contributed by atoms with van der Waals surface area (Å²) in [6.45, 7) is 3.80. The summed E-state index contributed by atoms with van der Waals surface area (Å²) < 4.78 is 30.0. The van der Waals surface area contributed by atoms with Gasteiger partial charge in [-0.3, -0.25) is 9.10 Å². The first-order valence-electron chi connectivity index (χ1n) is 8.80. The molecule has 0 saturated heterocycles. The van der Waals surface area contributed by atoms with E-state index in [1.807, 2.05) is 26.0 Å². The molecule has 2 aromatic carbocycles. The van der Waals surface area contributed by atoms with Gasteiger partial charge in [0.25, 0.3) is 5.91 Å². The van der Waals surface area contributed by atoms with Gasteiger partial charge < -0.3 is 10.1 Å². The number of rotatable bonds is 5. The highest BCUT2D eigenvalue weighted by Gasteiger charge is 2.27. The van der Waals surface area contributed by atoms with Crippen LogP contribution in [-0.2, 0) is 26.0 Å². The van der Waals surface area contributed by atoms with Crippen molar-refractivity contribution in [1.29, 1.82) is 0 Å². The van der Waals surface area contributed by atoms with Crippen LogP contribution < -0.4 is 9.62 Å². The maximum absolute atomic E-state index is 12.3. The van der Waals surface area contributed by atoms with Crippen molar-refractivity contribution in [1.82, 2.24) is 0 Å². The Hall–Kier alpha value is -2.87. The first-order valence-corrected chi connectivity index (χ1v) is 10.6. The summed E-state index contributed by atoms with van der Waals surface area (Å²) in [6.07, 6.45) is 1.68. The van der Waals surface area contributed by atoms with Crippen molar-refractivity contribution in [2.45, 2.75) is 20.3 Å². The SMILES string of the molecule is Cc1ccc(NC(=O)COC(=O)c2ccc3c(c2)CCN3S(C)(=O)=O)c(C)c1. The Bertz CT molecular complexity index is 1050. The highest BCUT2D eigenvalue weighted by molar-refractivity contribution is 7.92. The average molecular weight is 402 g/mol. The number of hydrogen-bond acceptors (Lipinski definition) is 5. The predicted octanol–water partition coefficient (Wildman–Crippen LogP) is 2.42. The number of nitrogens with zero attached hydrogens (tertiary/aromatic N) is 1. The summed E-state index contributed by atoms with van der Waals surface area (Å²) in [5, 5.41) is 2.72. The number of carbonyl (C=O) groups is 2. The largest absolute Gasteiger partial charge is 0.452 e. The normalized spacial score (nSPS) is 13.2. The predicted molar refractivity (Wildman–Crippen MR) is 107 cm³/mol. The Kier molecular flexibility index (Phi) is 5.42. The quantitative estimate of drug-likeness (QED) is 0.776. The summed E-state index contributed by atoms with van der Waals surface area (Å²) in [5.41, 5.74) is 4.31. The molecule has 0 spiro atoms. The number of fused-ring (bicyclic) bond motifs is 1. The molecule has 1 aliphatic heterocycles. The Balaban J connectivity index is 1.62. The lowest BCUT2D eigenvalue weighted by atomic mass is 10.1. The fourth-order valence-electron chi connectivity index (χ4n) is 3.20. The molecule has 0 radical (unpaired) electrons. The molecule has 0 atom stereocenters. The van der Waals surface area contributed by atoms with Crippen molar-refractivity contribution in [3.8, 4) is 0 Å². The maximum Gasteiger partial charge on any atom is 0.338 e. The zero-order valence-electron chi connectivity index (χ0n) is 16.0. The number of aryl methyl sites for hydroxylation is 2. The fraction of sp³-hybridized carbons (Fsp3) is 0.300. The summed E-state index contributed by atoms with van der Waals surface area (Å²) in [5.74, 6) is -1.05. The molecule has 0 fully saturated rings. The molecule has 1 heterocycles. The van der Waals surface area contributed by atoms with Gasteiger partial charge in [-0.05, 0) is 55.7 Å². The summed E-state index contributed by atoms with van der Waals surface area (Å²) in [7, 11) is -3.34. The van der Waals surface area contributed by atoms with Gasteiger partial charge in [-0.25, -0.2) is 13.2 Å². The second-order valence-electron chi connectivity index (χ2n) is 6.87. The summed E-state index contributed by atoms with van der Waals surface area (Å²) >= 11 is 0. The molecular weight excluding hydrogens is 380 g/mol. The van der Waals surface area contributed by atoms with E-state index >= 15 is 0 Å². The van der Waals surface area contributed by atoms with E-state index in [-0.39, 0.29) is 5.56 Å². The lowest BCUT2D eigenvalue weighted by Gasteiger charge is -2.16. The van der Waals surface area contributed by atoms with Crippen LogP contribution in [-0.4, -0.2) is 39.7 Å². The molecule has 7 nitrogen and oxygen atoms in total. The minimum absolute atomic E-state index is 0.286. The first kappa shape index (κ1) is 19.9. The van der Waals surface area contributed by atoms with Crippen LogP contribution >= 0.6 is 0 Å². The topological polar surface area (TPSA) is 92.8 Å². The highest BCUT2D eigenvalue weighted by Crippen LogP contribution is 2.30. The monoisotopic (exact) mass is 402 g/mol. The van der Waals surface area contributed by atoms with Gasteiger partial charge in [-0.1, -0.05) is 17.7 Å². The van der Waals surface area contributed by atoms with E-state index in [1.165, 1.54) is 10.4 Å². The molecular formula is C20H22N2O5S. The van der Waals surface area contributed by atoms with Gasteiger partial charge in [0.15, 0.2) is 6.61 Å². The zero-order valence-corrected chi connectivity index (χ0v) is 16.8. The van der Waals surface area contributed by atoms with Crippen molar-refractivity contribution in [2.75, 3.05) is 29.0 Å². The molecule has 1 amide bonds. The van der Waals surface area contributed by atoms with Crippen molar-refractivity contribution in [2.24, 2.45) is 0 Å². The van der Waals surface area contributed by atoms with E-state index in [9.17, 15) is 18.0 Å². The van der Waals surface area contributed by atoms with Crippen LogP contribution in [0.4, 0.5) is 11.4 Å². The average Bonchev–Trinajstić information content (AvgIpc) is 3.05. The van der Waals surface area contributed by atoms with Gasteiger partial charge >= 0.3 is 5.97 Å². The number of ether oxygens (including phenoxy) is 1. The molecule has 0 aromatic heterocycles. The van der Waals surface area contributed by atoms with Crippen LogP contribution in [0.1, 0.15) is 27.0 Å². The minimum atomic E-state index is -3.34. The standard InChI is InChI=1S/C20H22N2O5S/c1-13-4-6-17(14(2)10-13)21-19(23)12-27-20(24)16-5-7-18-15(11-16)8-9-22(18)28(3,25)26/h4-7,10-11H,8-9,12H2,1-3H3,(H,21,23). The number of benzene rings is 2. The van der Waals surface area contributed by atoms with E-state index in [1.54, 1.807) is 18.2 Å². The number of carbonyl (C=O) groups excluding carboxylic acids is 2. The zero-order chi connectivity index (χ0) is 20.5. The van der Waals surface area contributed by atoms with Gasteiger partial charge in [0, 0.05) is 12.2 Å². The molecule has 28 heavy (non-hydrogen) atoms. The molecule has 0 unspecified atom stereocenters. The molecule has 1 N–H and O–H groups in total. The van der Waals surface area contributed by atoms with Crippen LogP contribution in [0.2, 0.25) is 0 Å². The molecule has 3 rings (SSSR count). The van der Waals surface area contributed by atoms with E-state index in [0.717, 1.165) is 22.9 Å². The molecule has 0 saturated carbocycles. The summed E-state index contributed by atoms with van der Waals surface area (Å²) in [4.78, 5) is 24.3. The third-order valence-corrected chi connectivity index (χ3v) is 5.74. The molecule has 148 valence electrons. The smallest absolute Gasteiger partial charge is 0.338 e. The van der Waals surface area contributed by atoms with Crippen molar-refractivity contribution < 1.29 is 22.7 Å². The summed E-state index contributed by atoms with van der Waals surface area (Å²) in [6, 6.07) is 10.4. The number of sulfonamides is 1. The van der Waals surface area contributed by atoms with Gasteiger partial charge in [0.1, 0.15) is 0 Å². The molecule has 8 heteroatoms. The Morgan fingerprint density at radius 2 is 1.89 bits per heavy atom. The van der Waals surface area contributed by atoms with Crippen molar-refractivity contribution >= 4 is 33.3 Å². The van der Waals surface area contributed by atoms with Crippen LogP contribution in [0, 0.1) is 13.8 Å². The first-order chi connectivity index (χ1) is 13.1. The third kappa shape index (κ3) is 4.33. The molecule has 0 aliphatic carbocycles. The second kappa shape index (κ2) is 7.63. The number of amides is 1. The number of hydrogen-bond donors (Lipinski definition) is 1. The lowest BCUT2D eigenvalue weighted by molar-refractivity contribution is -0.119. The van der Waals surface area contributed by atoms with Gasteiger partial charge in [0.05, 0.1) is 17.5 Å². The fourth-order valence-corrected chi connectivity index (χ4v) is 4.16. The maximum atomic E-state index is 12.3. The van der Waals surface area contributed by atoms with E-state index in [0.29, 0.717) is 24.3 Å².